The molecule has 3 nitrogen and oxygen atoms in total. The third kappa shape index (κ3) is 7.13. The molecular formula is C16H26NO2S. The summed E-state index contributed by atoms with van der Waals surface area (Å²) in [5.74, 6) is 0.584. The number of imide groups is 1. The molecule has 0 fully saturated rings. The Bertz CT molecular complexity index is 310. The van der Waals surface area contributed by atoms with Crippen molar-refractivity contribution >= 4 is 24.4 Å². The van der Waals surface area contributed by atoms with Gasteiger partial charge in [-0.3, -0.25) is 14.5 Å². The van der Waals surface area contributed by atoms with Crippen LogP contribution in [0.5, 0.6) is 0 Å². The third-order valence-electron chi connectivity index (χ3n) is 3.68. The van der Waals surface area contributed by atoms with Gasteiger partial charge in [-0.1, -0.05) is 64.0 Å². The number of hydrogen-bond acceptors (Lipinski definition) is 2. The van der Waals surface area contributed by atoms with Crippen LogP contribution in [0.2, 0.25) is 0 Å². The van der Waals surface area contributed by atoms with Crippen molar-refractivity contribution in [2.75, 3.05) is 12.3 Å². The Morgan fingerprint density at radius 2 is 1.10 bits per heavy atom. The van der Waals surface area contributed by atoms with E-state index in [1.807, 2.05) is 0 Å². The third-order valence-corrected chi connectivity index (χ3v) is 3.97. The van der Waals surface area contributed by atoms with E-state index in [9.17, 15) is 9.59 Å². The number of rotatable bonds is 12. The van der Waals surface area contributed by atoms with Crippen LogP contribution in [0.15, 0.2) is 12.2 Å². The molecule has 113 valence electrons. The number of unbranched alkanes of at least 4 members (excludes halogenated alkanes) is 9. The quantitative estimate of drug-likeness (QED) is 0.403. The average molecular weight is 296 g/mol. The smallest absolute Gasteiger partial charge is 0.253 e. The van der Waals surface area contributed by atoms with Crippen LogP contribution in [0.3, 0.4) is 0 Å². The molecule has 1 aliphatic rings. The second-order valence-electron chi connectivity index (χ2n) is 5.40. The van der Waals surface area contributed by atoms with Crippen molar-refractivity contribution in [1.29, 1.82) is 0 Å². The minimum atomic E-state index is -0.158. The van der Waals surface area contributed by atoms with Crippen LogP contribution >= 0.6 is 12.6 Å². The van der Waals surface area contributed by atoms with Crippen molar-refractivity contribution in [3.63, 3.8) is 0 Å². The fourth-order valence-electron chi connectivity index (χ4n) is 2.44. The minimum Gasteiger partial charge on any atom is -0.275 e. The number of carbonyl (C=O) groups is 2. The molecule has 0 spiro atoms. The molecule has 4 heteroatoms. The molecule has 20 heavy (non-hydrogen) atoms. The first kappa shape index (κ1) is 17.3. The predicted octanol–water partition coefficient (Wildman–Crippen LogP) is 4.01. The van der Waals surface area contributed by atoms with Crippen LogP contribution < -0.4 is 0 Å². The summed E-state index contributed by atoms with van der Waals surface area (Å²) in [5, 5.41) is 0. The van der Waals surface area contributed by atoms with Gasteiger partial charge >= 0.3 is 0 Å². The fraction of sp³-hybridized carbons (Fsp3) is 0.750. The van der Waals surface area contributed by atoms with Gasteiger partial charge in [0.25, 0.3) is 11.8 Å². The second-order valence-corrected chi connectivity index (χ2v) is 5.81. The summed E-state index contributed by atoms with van der Waals surface area (Å²) in [4.78, 5) is 24.0. The first-order chi connectivity index (χ1) is 9.75. The summed E-state index contributed by atoms with van der Waals surface area (Å²) in [6.45, 7) is 0.575. The highest BCUT2D eigenvalue weighted by Crippen LogP contribution is 2.12. The summed E-state index contributed by atoms with van der Waals surface area (Å²) in [6.07, 6.45) is 15.0. The molecule has 1 rings (SSSR count). The normalized spacial score (nSPS) is 14.6. The van der Waals surface area contributed by atoms with Crippen LogP contribution in [0, 0.1) is 0 Å². The Hall–Kier alpha value is -0.770. The zero-order chi connectivity index (χ0) is 14.6. The van der Waals surface area contributed by atoms with Crippen LogP contribution in [0.25, 0.3) is 0 Å². The first-order valence-electron chi connectivity index (χ1n) is 7.87. The molecule has 1 radical (unpaired) electrons. The van der Waals surface area contributed by atoms with E-state index in [0.29, 0.717) is 6.54 Å². The molecule has 0 aromatic heterocycles. The highest BCUT2D eigenvalue weighted by molar-refractivity contribution is 7.80. The van der Waals surface area contributed by atoms with Gasteiger partial charge in [-0.05, 0) is 12.8 Å². The lowest BCUT2D eigenvalue weighted by Crippen LogP contribution is -2.30. The molecule has 0 saturated carbocycles. The summed E-state index contributed by atoms with van der Waals surface area (Å²) in [6, 6.07) is 0. The number of amides is 2. The standard InChI is InChI=1S/C16H26NO2S/c18-15-11-12-16(19)17(15)13-9-7-5-3-1-2-4-6-8-10-14-20/h11-12H,1-10,13-14H2. The van der Waals surface area contributed by atoms with Gasteiger partial charge < -0.3 is 0 Å². The Balaban J connectivity index is 1.83. The monoisotopic (exact) mass is 296 g/mol. The van der Waals surface area contributed by atoms with Gasteiger partial charge in [0.1, 0.15) is 0 Å². The maximum atomic E-state index is 11.3. The Morgan fingerprint density at radius 3 is 1.55 bits per heavy atom. The van der Waals surface area contributed by atoms with Gasteiger partial charge in [0.15, 0.2) is 0 Å². The van der Waals surface area contributed by atoms with Crippen molar-refractivity contribution in [2.45, 2.75) is 64.2 Å². The Kier molecular flexibility index (Phi) is 9.46. The molecule has 0 bridgehead atoms. The summed E-state index contributed by atoms with van der Waals surface area (Å²) >= 11 is 4.92. The van der Waals surface area contributed by atoms with E-state index in [4.69, 9.17) is 12.6 Å². The summed E-state index contributed by atoms with van der Waals surface area (Å²) in [5.41, 5.74) is 0. The van der Waals surface area contributed by atoms with E-state index < -0.39 is 0 Å². The fourth-order valence-corrected chi connectivity index (χ4v) is 2.64. The van der Waals surface area contributed by atoms with Crippen LogP contribution in [0.4, 0.5) is 0 Å². The lowest BCUT2D eigenvalue weighted by Gasteiger charge is -2.12. The van der Waals surface area contributed by atoms with E-state index in [0.717, 1.165) is 18.6 Å². The van der Waals surface area contributed by atoms with Crippen molar-refractivity contribution in [1.82, 2.24) is 4.90 Å². The van der Waals surface area contributed by atoms with E-state index in [-0.39, 0.29) is 11.8 Å². The van der Waals surface area contributed by atoms with E-state index in [2.05, 4.69) is 0 Å². The molecule has 0 aromatic rings. The number of hydrogen-bond donors (Lipinski definition) is 0. The van der Waals surface area contributed by atoms with Gasteiger partial charge in [-0.2, -0.15) is 0 Å². The lowest BCUT2D eigenvalue weighted by molar-refractivity contribution is -0.136. The Labute approximate surface area is 128 Å². The maximum Gasteiger partial charge on any atom is 0.253 e. The minimum absolute atomic E-state index is 0.158. The molecular weight excluding hydrogens is 270 g/mol. The predicted molar refractivity (Wildman–Crippen MR) is 84.5 cm³/mol. The van der Waals surface area contributed by atoms with Crippen molar-refractivity contribution in [3.8, 4) is 0 Å². The van der Waals surface area contributed by atoms with E-state index in [1.54, 1.807) is 0 Å². The van der Waals surface area contributed by atoms with Gasteiger partial charge in [0.2, 0.25) is 0 Å². The van der Waals surface area contributed by atoms with Gasteiger partial charge in [0.05, 0.1) is 0 Å². The van der Waals surface area contributed by atoms with E-state index >= 15 is 0 Å². The zero-order valence-electron chi connectivity index (χ0n) is 12.3. The second kappa shape index (κ2) is 11.0. The summed E-state index contributed by atoms with van der Waals surface area (Å²) in [7, 11) is 0. The molecule has 2 amide bonds. The highest BCUT2D eigenvalue weighted by Gasteiger charge is 2.21. The van der Waals surface area contributed by atoms with Crippen LogP contribution in [0.1, 0.15) is 64.2 Å². The topological polar surface area (TPSA) is 37.4 Å². The molecule has 0 unspecified atom stereocenters. The van der Waals surface area contributed by atoms with Gasteiger partial charge in [-0.15, -0.1) is 0 Å². The van der Waals surface area contributed by atoms with Crippen molar-refractivity contribution < 1.29 is 9.59 Å². The molecule has 0 saturated heterocycles. The lowest BCUT2D eigenvalue weighted by atomic mass is 10.1. The van der Waals surface area contributed by atoms with Gasteiger partial charge in [-0.25, -0.2) is 0 Å². The van der Waals surface area contributed by atoms with Crippen molar-refractivity contribution in [3.05, 3.63) is 12.2 Å². The molecule has 0 aromatic carbocycles. The highest BCUT2D eigenvalue weighted by atomic mass is 32.1. The molecule has 0 atom stereocenters. The molecule has 0 N–H and O–H groups in total. The number of nitrogens with zero attached hydrogens (tertiary/aromatic N) is 1. The number of carbonyl (C=O) groups excluding carboxylic acids is 2. The molecule has 1 heterocycles. The first-order valence-corrected chi connectivity index (χ1v) is 8.45. The summed E-state index contributed by atoms with van der Waals surface area (Å²) < 4.78 is 0. The average Bonchev–Trinajstić information content (AvgIpc) is 2.76. The molecule has 1 aliphatic heterocycles. The van der Waals surface area contributed by atoms with Crippen LogP contribution in [-0.2, 0) is 9.59 Å². The zero-order valence-corrected chi connectivity index (χ0v) is 13.1. The van der Waals surface area contributed by atoms with Gasteiger partial charge in [0, 0.05) is 24.4 Å². The largest absolute Gasteiger partial charge is 0.275 e. The van der Waals surface area contributed by atoms with E-state index in [1.165, 1.54) is 68.4 Å². The van der Waals surface area contributed by atoms with Crippen molar-refractivity contribution in [2.24, 2.45) is 0 Å². The maximum absolute atomic E-state index is 11.3. The SMILES string of the molecule is O=C1C=CC(=O)N1CCCCCCCCCCCC[S]. The Morgan fingerprint density at radius 1 is 0.700 bits per heavy atom. The molecule has 0 aliphatic carbocycles. The van der Waals surface area contributed by atoms with Crippen LogP contribution in [-0.4, -0.2) is 29.0 Å².